The van der Waals surface area contributed by atoms with Gasteiger partial charge in [0.05, 0.1) is 0 Å². The molecule has 23 heavy (non-hydrogen) atoms. The smallest absolute Gasteiger partial charge is 0.191 e. The van der Waals surface area contributed by atoms with Gasteiger partial charge in [-0.05, 0) is 57.8 Å². The van der Waals surface area contributed by atoms with Crippen LogP contribution in [0.3, 0.4) is 0 Å². The lowest BCUT2D eigenvalue weighted by molar-refractivity contribution is 0.232. The number of piperidine rings is 1. The predicted molar refractivity (Wildman–Crippen MR) is 110 cm³/mol. The Bertz CT molecular complexity index is 325. The third kappa shape index (κ3) is 8.54. The maximum Gasteiger partial charge on any atom is 0.191 e. The van der Waals surface area contributed by atoms with Crippen molar-refractivity contribution >= 4 is 29.9 Å². The van der Waals surface area contributed by atoms with E-state index in [1.54, 1.807) is 0 Å². The fraction of sp³-hybridized carbons (Fsp3) is 0.941. The molecule has 0 spiro atoms. The standard InChI is InChI=1S/C17H35N5.HI/c1-16(15-22-11-6-7-12-22)14-20-17(18-2)19-8-13-21-9-4-3-5-10-21;/h16H,3-15H2,1-2H3,(H2,18,19,20);1H. The normalized spacial score (nSPS) is 21.7. The number of nitrogens with zero attached hydrogens (tertiary/aromatic N) is 3. The molecule has 136 valence electrons. The number of likely N-dealkylation sites (tertiary alicyclic amines) is 2. The Morgan fingerprint density at radius 2 is 1.57 bits per heavy atom. The monoisotopic (exact) mass is 437 g/mol. The molecule has 0 radical (unpaired) electrons. The van der Waals surface area contributed by atoms with E-state index >= 15 is 0 Å². The van der Waals surface area contributed by atoms with Crippen LogP contribution in [0, 0.1) is 5.92 Å². The van der Waals surface area contributed by atoms with Gasteiger partial charge in [-0.1, -0.05) is 13.3 Å². The zero-order valence-electron chi connectivity index (χ0n) is 15.0. The van der Waals surface area contributed by atoms with E-state index in [2.05, 4.69) is 32.3 Å². The van der Waals surface area contributed by atoms with Crippen molar-refractivity contribution in [3.05, 3.63) is 0 Å². The van der Waals surface area contributed by atoms with Crippen molar-refractivity contribution in [2.75, 3.05) is 59.4 Å². The molecule has 2 saturated heterocycles. The minimum absolute atomic E-state index is 0. The van der Waals surface area contributed by atoms with E-state index in [1.165, 1.54) is 64.8 Å². The van der Waals surface area contributed by atoms with E-state index in [0.29, 0.717) is 5.92 Å². The van der Waals surface area contributed by atoms with Crippen LogP contribution in [0.5, 0.6) is 0 Å². The van der Waals surface area contributed by atoms with E-state index in [-0.39, 0.29) is 24.0 Å². The fourth-order valence-electron chi connectivity index (χ4n) is 3.48. The second-order valence-corrected chi connectivity index (χ2v) is 6.90. The first kappa shape index (κ1) is 21.0. The van der Waals surface area contributed by atoms with Gasteiger partial charge in [-0.3, -0.25) is 4.99 Å². The van der Waals surface area contributed by atoms with Crippen molar-refractivity contribution in [1.29, 1.82) is 0 Å². The van der Waals surface area contributed by atoms with Crippen molar-refractivity contribution in [3.63, 3.8) is 0 Å². The van der Waals surface area contributed by atoms with Gasteiger partial charge in [0.15, 0.2) is 5.96 Å². The molecule has 2 fully saturated rings. The zero-order chi connectivity index (χ0) is 15.6. The lowest BCUT2D eigenvalue weighted by Crippen LogP contribution is -2.44. The van der Waals surface area contributed by atoms with E-state index in [4.69, 9.17) is 0 Å². The summed E-state index contributed by atoms with van der Waals surface area (Å²) < 4.78 is 0. The summed E-state index contributed by atoms with van der Waals surface area (Å²) in [6.45, 7) is 11.7. The molecule has 0 bridgehead atoms. The van der Waals surface area contributed by atoms with Crippen LogP contribution in [-0.4, -0.2) is 75.2 Å². The minimum atomic E-state index is 0. The topological polar surface area (TPSA) is 42.9 Å². The van der Waals surface area contributed by atoms with Crippen LogP contribution < -0.4 is 10.6 Å². The molecule has 2 heterocycles. The highest BCUT2D eigenvalue weighted by molar-refractivity contribution is 14.0. The second kappa shape index (κ2) is 12.3. The number of aliphatic imine (C=N–C) groups is 1. The van der Waals surface area contributed by atoms with Crippen molar-refractivity contribution in [1.82, 2.24) is 20.4 Å². The van der Waals surface area contributed by atoms with Gasteiger partial charge in [0.25, 0.3) is 0 Å². The van der Waals surface area contributed by atoms with Crippen molar-refractivity contribution < 1.29 is 0 Å². The Balaban J connectivity index is 0.00000264. The lowest BCUT2D eigenvalue weighted by Gasteiger charge is -2.27. The van der Waals surface area contributed by atoms with Gasteiger partial charge >= 0.3 is 0 Å². The van der Waals surface area contributed by atoms with Crippen LogP contribution >= 0.6 is 24.0 Å². The third-order valence-corrected chi connectivity index (χ3v) is 4.78. The van der Waals surface area contributed by atoms with Crippen LogP contribution in [-0.2, 0) is 0 Å². The number of guanidine groups is 1. The van der Waals surface area contributed by atoms with Crippen LogP contribution in [0.2, 0.25) is 0 Å². The first-order valence-corrected chi connectivity index (χ1v) is 9.17. The largest absolute Gasteiger partial charge is 0.356 e. The fourth-order valence-corrected chi connectivity index (χ4v) is 3.48. The summed E-state index contributed by atoms with van der Waals surface area (Å²) in [6, 6.07) is 0. The summed E-state index contributed by atoms with van der Waals surface area (Å²) in [5, 5.41) is 6.92. The van der Waals surface area contributed by atoms with Gasteiger partial charge in [-0.2, -0.15) is 0 Å². The molecule has 1 unspecified atom stereocenters. The summed E-state index contributed by atoms with van der Waals surface area (Å²) >= 11 is 0. The molecule has 2 rings (SSSR count). The van der Waals surface area contributed by atoms with Gasteiger partial charge in [-0.25, -0.2) is 0 Å². The average molecular weight is 437 g/mol. The van der Waals surface area contributed by atoms with E-state index in [9.17, 15) is 0 Å². The van der Waals surface area contributed by atoms with Gasteiger partial charge in [0.1, 0.15) is 0 Å². The van der Waals surface area contributed by atoms with E-state index in [1.807, 2.05) is 7.05 Å². The SMILES string of the molecule is CN=C(NCCN1CCCCC1)NCC(C)CN1CCCC1.I. The van der Waals surface area contributed by atoms with E-state index < -0.39 is 0 Å². The summed E-state index contributed by atoms with van der Waals surface area (Å²) in [4.78, 5) is 9.47. The minimum Gasteiger partial charge on any atom is -0.356 e. The predicted octanol–water partition coefficient (Wildman–Crippen LogP) is 1.99. The molecule has 2 aliphatic rings. The number of hydrogen-bond acceptors (Lipinski definition) is 3. The number of hydrogen-bond donors (Lipinski definition) is 2. The summed E-state index contributed by atoms with van der Waals surface area (Å²) in [7, 11) is 1.86. The average Bonchev–Trinajstić information content (AvgIpc) is 3.04. The maximum absolute atomic E-state index is 4.34. The first-order chi connectivity index (χ1) is 10.8. The molecule has 1 atom stereocenters. The highest BCUT2D eigenvalue weighted by atomic mass is 127. The molecular weight excluding hydrogens is 401 g/mol. The lowest BCUT2D eigenvalue weighted by atomic mass is 10.1. The quantitative estimate of drug-likeness (QED) is 0.363. The van der Waals surface area contributed by atoms with Crippen molar-refractivity contribution in [2.45, 2.75) is 39.0 Å². The Hall–Kier alpha value is -0.0800. The maximum atomic E-state index is 4.34. The van der Waals surface area contributed by atoms with Gasteiger partial charge in [-0.15, -0.1) is 24.0 Å². The number of nitrogens with one attached hydrogen (secondary N) is 2. The summed E-state index contributed by atoms with van der Waals surface area (Å²) in [5.74, 6) is 1.61. The zero-order valence-corrected chi connectivity index (χ0v) is 17.3. The molecule has 0 saturated carbocycles. The first-order valence-electron chi connectivity index (χ1n) is 9.17. The van der Waals surface area contributed by atoms with Crippen LogP contribution in [0.25, 0.3) is 0 Å². The van der Waals surface area contributed by atoms with E-state index in [0.717, 1.165) is 25.6 Å². The Kier molecular flexibility index (Phi) is 11.2. The molecule has 6 heteroatoms. The molecule has 2 N–H and O–H groups in total. The highest BCUT2D eigenvalue weighted by Crippen LogP contribution is 2.09. The summed E-state index contributed by atoms with van der Waals surface area (Å²) in [5.41, 5.74) is 0. The molecule has 0 aliphatic carbocycles. The van der Waals surface area contributed by atoms with Crippen molar-refractivity contribution in [3.8, 4) is 0 Å². The van der Waals surface area contributed by atoms with Crippen molar-refractivity contribution in [2.24, 2.45) is 10.9 Å². The molecule has 0 aromatic rings. The van der Waals surface area contributed by atoms with Crippen LogP contribution in [0.15, 0.2) is 4.99 Å². The second-order valence-electron chi connectivity index (χ2n) is 6.90. The molecule has 2 aliphatic heterocycles. The highest BCUT2D eigenvalue weighted by Gasteiger charge is 2.15. The third-order valence-electron chi connectivity index (χ3n) is 4.78. The van der Waals surface area contributed by atoms with Gasteiger partial charge < -0.3 is 20.4 Å². The Morgan fingerprint density at radius 1 is 0.957 bits per heavy atom. The molecule has 0 aromatic heterocycles. The Labute approximate surface area is 159 Å². The molecule has 5 nitrogen and oxygen atoms in total. The van der Waals surface area contributed by atoms with Crippen LogP contribution in [0.4, 0.5) is 0 Å². The molecular formula is C17H36IN5. The molecule has 0 amide bonds. The van der Waals surface area contributed by atoms with Gasteiger partial charge in [0, 0.05) is 33.2 Å². The van der Waals surface area contributed by atoms with Gasteiger partial charge in [0.2, 0.25) is 0 Å². The summed E-state index contributed by atoms with van der Waals surface area (Å²) in [6.07, 6.45) is 6.88. The number of halogens is 1. The Morgan fingerprint density at radius 3 is 2.22 bits per heavy atom. The number of rotatable bonds is 7. The van der Waals surface area contributed by atoms with Crippen LogP contribution in [0.1, 0.15) is 39.0 Å². The molecule has 0 aromatic carbocycles.